The minimum atomic E-state index is -0.909. The summed E-state index contributed by atoms with van der Waals surface area (Å²) >= 11 is 0. The van der Waals surface area contributed by atoms with Gasteiger partial charge in [-0.3, -0.25) is 0 Å². The molecule has 1 atom stereocenters. The fraction of sp³-hybridized carbons (Fsp3) is 0.235. The molecule has 1 aliphatic heterocycles. The Hall–Kier alpha value is -2.73. The topological polar surface area (TPSA) is 74.2 Å². The number of carbonyl (C=O) groups is 1. The second kappa shape index (κ2) is 7.02. The van der Waals surface area contributed by atoms with E-state index < -0.39 is 12.1 Å². The fourth-order valence-corrected chi connectivity index (χ4v) is 2.04. The van der Waals surface area contributed by atoms with Crippen molar-refractivity contribution in [3.63, 3.8) is 0 Å². The molecule has 23 heavy (non-hydrogen) atoms. The number of hydrogen-bond donors (Lipinski definition) is 1. The molecule has 6 nitrogen and oxygen atoms in total. The van der Waals surface area contributed by atoms with Gasteiger partial charge >= 0.3 is 5.97 Å². The highest BCUT2D eigenvalue weighted by atomic mass is 16.7. The number of esters is 1. The van der Waals surface area contributed by atoms with Crippen LogP contribution in [0, 0.1) is 0 Å². The van der Waals surface area contributed by atoms with E-state index >= 15 is 0 Å². The second-order valence-corrected chi connectivity index (χ2v) is 4.94. The summed E-state index contributed by atoms with van der Waals surface area (Å²) in [5.41, 5.74) is 0.338. The van der Waals surface area contributed by atoms with Gasteiger partial charge in [-0.1, -0.05) is 18.2 Å². The van der Waals surface area contributed by atoms with Crippen LogP contribution in [-0.4, -0.2) is 37.2 Å². The minimum absolute atomic E-state index is 0.0401. The lowest BCUT2D eigenvalue weighted by atomic mass is 10.2. The zero-order valence-electron chi connectivity index (χ0n) is 12.3. The summed E-state index contributed by atoms with van der Waals surface area (Å²) < 4.78 is 20.8. The average molecular weight is 316 g/mol. The Balaban J connectivity index is 1.47. The molecule has 1 heterocycles. The van der Waals surface area contributed by atoms with Gasteiger partial charge < -0.3 is 24.1 Å². The van der Waals surface area contributed by atoms with Crippen molar-refractivity contribution in [2.75, 3.05) is 20.0 Å². The molecule has 120 valence electrons. The lowest BCUT2D eigenvalue weighted by Gasteiger charge is -2.13. The van der Waals surface area contributed by atoms with Crippen LogP contribution in [0.2, 0.25) is 0 Å². The molecule has 0 spiro atoms. The molecule has 1 unspecified atom stereocenters. The molecule has 0 saturated heterocycles. The number of aliphatic hydroxyl groups is 1. The largest absolute Gasteiger partial charge is 0.491 e. The Kier molecular flexibility index (Phi) is 4.63. The zero-order chi connectivity index (χ0) is 16.1. The molecular formula is C17H16O6. The van der Waals surface area contributed by atoms with Gasteiger partial charge in [0.25, 0.3) is 0 Å². The van der Waals surface area contributed by atoms with Gasteiger partial charge in [0.15, 0.2) is 11.5 Å². The molecule has 0 amide bonds. The second-order valence-electron chi connectivity index (χ2n) is 4.94. The van der Waals surface area contributed by atoms with Gasteiger partial charge in [-0.25, -0.2) is 4.79 Å². The van der Waals surface area contributed by atoms with Gasteiger partial charge in [0, 0.05) is 0 Å². The predicted octanol–water partition coefficient (Wildman–Crippen LogP) is 2.01. The number of benzene rings is 2. The quantitative estimate of drug-likeness (QED) is 0.822. The minimum Gasteiger partial charge on any atom is -0.491 e. The predicted molar refractivity (Wildman–Crippen MR) is 80.8 cm³/mol. The van der Waals surface area contributed by atoms with Crippen LogP contribution < -0.4 is 14.2 Å². The third-order valence-electron chi connectivity index (χ3n) is 3.20. The van der Waals surface area contributed by atoms with Crippen molar-refractivity contribution < 1.29 is 28.8 Å². The number of aliphatic hydroxyl groups excluding tert-OH is 1. The van der Waals surface area contributed by atoms with Crippen molar-refractivity contribution in [1.29, 1.82) is 0 Å². The average Bonchev–Trinajstić information content (AvgIpc) is 3.06. The molecule has 6 heteroatoms. The first-order valence-corrected chi connectivity index (χ1v) is 7.15. The van der Waals surface area contributed by atoms with Crippen molar-refractivity contribution in [2.45, 2.75) is 6.10 Å². The number of fused-ring (bicyclic) bond motifs is 1. The molecule has 1 N–H and O–H groups in total. The van der Waals surface area contributed by atoms with E-state index in [0.717, 1.165) is 0 Å². The van der Waals surface area contributed by atoms with Crippen molar-refractivity contribution in [3.05, 3.63) is 54.1 Å². The van der Waals surface area contributed by atoms with Crippen LogP contribution in [-0.2, 0) is 4.74 Å². The number of carbonyl (C=O) groups excluding carboxylic acids is 1. The summed E-state index contributed by atoms with van der Waals surface area (Å²) in [5, 5.41) is 9.81. The van der Waals surface area contributed by atoms with Gasteiger partial charge in [-0.2, -0.15) is 0 Å². The van der Waals surface area contributed by atoms with Gasteiger partial charge in [0.1, 0.15) is 25.1 Å². The molecule has 3 rings (SSSR count). The van der Waals surface area contributed by atoms with Crippen molar-refractivity contribution in [1.82, 2.24) is 0 Å². The maximum atomic E-state index is 12.0. The zero-order valence-corrected chi connectivity index (χ0v) is 12.3. The Morgan fingerprint density at radius 1 is 1.09 bits per heavy atom. The number of ether oxygens (including phenoxy) is 4. The third kappa shape index (κ3) is 3.92. The first kappa shape index (κ1) is 15.2. The maximum Gasteiger partial charge on any atom is 0.338 e. The van der Waals surface area contributed by atoms with Crippen molar-refractivity contribution >= 4 is 5.97 Å². The van der Waals surface area contributed by atoms with E-state index in [1.54, 1.807) is 30.3 Å². The molecule has 2 aromatic carbocycles. The van der Waals surface area contributed by atoms with Crippen molar-refractivity contribution in [2.24, 2.45) is 0 Å². The lowest BCUT2D eigenvalue weighted by molar-refractivity contribution is 0.0130. The summed E-state index contributed by atoms with van der Waals surface area (Å²) in [6, 6.07) is 13.9. The van der Waals surface area contributed by atoms with Crippen LogP contribution in [0.15, 0.2) is 48.5 Å². The van der Waals surface area contributed by atoms with Crippen LogP contribution in [0.1, 0.15) is 10.4 Å². The SMILES string of the molecule is O=C(OCC(O)COc1ccccc1)c1ccc2c(c1)OCO2. The highest BCUT2D eigenvalue weighted by Gasteiger charge is 2.18. The third-order valence-corrected chi connectivity index (χ3v) is 3.20. The number of para-hydroxylation sites is 1. The van der Waals surface area contributed by atoms with E-state index in [-0.39, 0.29) is 20.0 Å². The lowest BCUT2D eigenvalue weighted by Crippen LogP contribution is -2.25. The summed E-state index contributed by atoms with van der Waals surface area (Å²) in [7, 11) is 0. The van der Waals surface area contributed by atoms with Crippen LogP contribution in [0.25, 0.3) is 0 Å². The molecular weight excluding hydrogens is 300 g/mol. The Morgan fingerprint density at radius 2 is 1.87 bits per heavy atom. The van der Waals surface area contributed by atoms with Crippen molar-refractivity contribution in [3.8, 4) is 17.2 Å². The monoisotopic (exact) mass is 316 g/mol. The first-order valence-electron chi connectivity index (χ1n) is 7.15. The van der Waals surface area contributed by atoms with E-state index in [9.17, 15) is 9.90 Å². The van der Waals surface area contributed by atoms with Crippen LogP contribution in [0.4, 0.5) is 0 Å². The van der Waals surface area contributed by atoms with Crippen LogP contribution in [0.3, 0.4) is 0 Å². The van der Waals surface area contributed by atoms with E-state index in [0.29, 0.717) is 22.8 Å². The molecule has 0 aromatic heterocycles. The molecule has 0 fully saturated rings. The summed E-state index contributed by atoms with van der Waals surface area (Å²) in [4.78, 5) is 12.0. The highest BCUT2D eigenvalue weighted by Crippen LogP contribution is 2.32. The highest BCUT2D eigenvalue weighted by molar-refractivity contribution is 5.90. The Labute approximate surface area is 133 Å². The van der Waals surface area contributed by atoms with E-state index in [1.807, 2.05) is 18.2 Å². The van der Waals surface area contributed by atoms with Gasteiger partial charge in [0.05, 0.1) is 5.56 Å². The van der Waals surface area contributed by atoms with E-state index in [2.05, 4.69) is 0 Å². The van der Waals surface area contributed by atoms with Gasteiger partial charge in [-0.15, -0.1) is 0 Å². The summed E-state index contributed by atoms with van der Waals surface area (Å²) in [5.74, 6) is 1.21. The van der Waals surface area contributed by atoms with Crippen LogP contribution in [0.5, 0.6) is 17.2 Å². The number of hydrogen-bond acceptors (Lipinski definition) is 6. The smallest absolute Gasteiger partial charge is 0.338 e. The molecule has 0 bridgehead atoms. The van der Waals surface area contributed by atoms with E-state index in [1.165, 1.54) is 0 Å². The van der Waals surface area contributed by atoms with E-state index in [4.69, 9.17) is 18.9 Å². The maximum absolute atomic E-state index is 12.0. The Morgan fingerprint density at radius 3 is 2.70 bits per heavy atom. The molecule has 0 aliphatic carbocycles. The standard InChI is InChI=1S/C17H16O6/c18-13(9-20-14-4-2-1-3-5-14)10-21-17(19)12-6-7-15-16(8-12)23-11-22-15/h1-8,13,18H,9-11H2. The molecule has 1 aliphatic rings. The Bertz CT molecular complexity index is 670. The fourth-order valence-electron chi connectivity index (χ4n) is 2.04. The van der Waals surface area contributed by atoms with Gasteiger partial charge in [0.2, 0.25) is 6.79 Å². The summed E-state index contributed by atoms with van der Waals surface area (Å²) in [6.07, 6.45) is -0.909. The number of rotatable bonds is 6. The molecule has 2 aromatic rings. The molecule has 0 radical (unpaired) electrons. The summed E-state index contributed by atoms with van der Waals surface area (Å²) in [6.45, 7) is 0.0297. The first-order chi connectivity index (χ1) is 11.2. The normalized spacial score (nSPS) is 13.4. The van der Waals surface area contributed by atoms with Gasteiger partial charge in [-0.05, 0) is 30.3 Å². The van der Waals surface area contributed by atoms with Crippen LogP contribution >= 0.6 is 0 Å². The molecule has 0 saturated carbocycles.